The van der Waals surface area contributed by atoms with Gasteiger partial charge in [-0.15, -0.1) is 0 Å². The topological polar surface area (TPSA) is 43.7 Å². The van der Waals surface area contributed by atoms with Gasteiger partial charge in [0.05, 0.1) is 18.7 Å². The number of amides is 1. The minimum atomic E-state index is -0.630. The minimum Gasteiger partial charge on any atom is -0.489 e. The number of nitrogens with zero attached hydrogens (tertiary/aromatic N) is 2. The average Bonchev–Trinajstić information content (AvgIpc) is 3.07. The lowest BCUT2D eigenvalue weighted by Crippen LogP contribution is -2.39. The van der Waals surface area contributed by atoms with Crippen LogP contribution in [0, 0.1) is 0 Å². The van der Waals surface area contributed by atoms with Crippen LogP contribution in [0.1, 0.15) is 37.1 Å². The smallest absolute Gasteiger partial charge is 0.225 e. The molecule has 4 rings (SSSR count). The molecule has 2 heterocycles. The Morgan fingerprint density at radius 3 is 2.67 bits per heavy atom. The first-order valence-electron chi connectivity index (χ1n) is 10.6. The highest BCUT2D eigenvalue weighted by Gasteiger charge is 2.40. The quantitative estimate of drug-likeness (QED) is 0.605. The van der Waals surface area contributed by atoms with Crippen molar-refractivity contribution in [2.24, 2.45) is 0 Å². The van der Waals surface area contributed by atoms with E-state index >= 15 is 0 Å². The van der Waals surface area contributed by atoms with Gasteiger partial charge < -0.3 is 18.9 Å². The first kappa shape index (κ1) is 20.5. The third-order valence-electron chi connectivity index (χ3n) is 5.97. The molecule has 0 spiro atoms. The molecule has 30 heavy (non-hydrogen) atoms. The highest BCUT2D eigenvalue weighted by atomic mass is 16.5. The molecule has 0 saturated heterocycles. The van der Waals surface area contributed by atoms with Crippen molar-refractivity contribution in [3.8, 4) is 5.75 Å². The summed E-state index contributed by atoms with van der Waals surface area (Å²) >= 11 is 0. The zero-order valence-electron chi connectivity index (χ0n) is 18.3. The zero-order valence-corrected chi connectivity index (χ0v) is 18.3. The van der Waals surface area contributed by atoms with Crippen LogP contribution in [-0.2, 0) is 34.7 Å². The summed E-state index contributed by atoms with van der Waals surface area (Å²) in [5.74, 6) is 0.935. The zero-order chi connectivity index (χ0) is 21.3. The van der Waals surface area contributed by atoms with Gasteiger partial charge in [-0.25, -0.2) is 0 Å². The Labute approximate surface area is 178 Å². The SMILES string of the molecule is CCn1c2c(c3cc(OCc4ccccc4)ccc31)CCOC2(C)CC(=O)N(C)C. The van der Waals surface area contributed by atoms with Gasteiger partial charge in [0.15, 0.2) is 0 Å². The van der Waals surface area contributed by atoms with E-state index in [1.807, 2.05) is 31.2 Å². The molecule has 0 bridgehead atoms. The summed E-state index contributed by atoms with van der Waals surface area (Å²) in [5.41, 5.74) is 4.09. The largest absolute Gasteiger partial charge is 0.489 e. The van der Waals surface area contributed by atoms with Gasteiger partial charge in [0.1, 0.15) is 18.0 Å². The number of aryl methyl sites for hydroxylation is 1. The highest BCUT2D eigenvalue weighted by Crippen LogP contribution is 2.42. The molecule has 1 atom stereocenters. The number of carbonyl (C=O) groups excluding carboxylic acids is 1. The van der Waals surface area contributed by atoms with Crippen LogP contribution in [0.5, 0.6) is 5.75 Å². The molecule has 0 N–H and O–H groups in total. The summed E-state index contributed by atoms with van der Waals surface area (Å²) in [6.45, 7) is 6.17. The van der Waals surface area contributed by atoms with E-state index in [2.05, 4.69) is 35.8 Å². The lowest BCUT2D eigenvalue weighted by atomic mass is 9.89. The first-order chi connectivity index (χ1) is 14.4. The molecule has 0 saturated carbocycles. The summed E-state index contributed by atoms with van der Waals surface area (Å²) in [5, 5.41) is 1.20. The number of rotatable bonds is 6. The highest BCUT2D eigenvalue weighted by molar-refractivity contribution is 5.88. The van der Waals surface area contributed by atoms with Gasteiger partial charge in [0, 0.05) is 31.5 Å². The van der Waals surface area contributed by atoms with E-state index in [-0.39, 0.29) is 5.91 Å². The van der Waals surface area contributed by atoms with Crippen molar-refractivity contribution >= 4 is 16.8 Å². The summed E-state index contributed by atoms with van der Waals surface area (Å²) in [6, 6.07) is 16.5. The number of hydrogen-bond acceptors (Lipinski definition) is 3. The summed E-state index contributed by atoms with van der Waals surface area (Å²) in [6.07, 6.45) is 1.17. The van der Waals surface area contributed by atoms with Crippen LogP contribution < -0.4 is 4.74 Å². The van der Waals surface area contributed by atoms with Gasteiger partial charge >= 0.3 is 0 Å². The second-order valence-corrected chi connectivity index (χ2v) is 8.32. The fraction of sp³-hybridized carbons (Fsp3) is 0.400. The standard InChI is InChI=1S/C25H30N2O3/c1-5-27-22-12-11-19(29-17-18-9-7-6-8-10-18)15-21(22)20-13-14-30-25(2,24(20)27)16-23(28)26(3)4/h6-12,15H,5,13-14,16-17H2,1-4H3. The lowest BCUT2D eigenvalue weighted by molar-refractivity contribution is -0.138. The van der Waals surface area contributed by atoms with E-state index in [4.69, 9.17) is 9.47 Å². The van der Waals surface area contributed by atoms with E-state index in [1.54, 1.807) is 19.0 Å². The van der Waals surface area contributed by atoms with Crippen molar-refractivity contribution in [3.05, 3.63) is 65.4 Å². The van der Waals surface area contributed by atoms with Crippen LogP contribution in [0.15, 0.2) is 48.5 Å². The van der Waals surface area contributed by atoms with E-state index in [0.29, 0.717) is 19.6 Å². The molecule has 3 aromatic rings. The molecule has 1 aliphatic heterocycles. The molecule has 0 fully saturated rings. The third-order valence-corrected chi connectivity index (χ3v) is 5.97. The number of carbonyl (C=O) groups is 1. The van der Waals surface area contributed by atoms with E-state index < -0.39 is 5.60 Å². The number of fused-ring (bicyclic) bond motifs is 3. The molecule has 0 aliphatic carbocycles. The molecule has 1 aliphatic rings. The number of benzene rings is 2. The van der Waals surface area contributed by atoms with E-state index in [9.17, 15) is 4.79 Å². The van der Waals surface area contributed by atoms with Crippen LogP contribution >= 0.6 is 0 Å². The van der Waals surface area contributed by atoms with Gasteiger partial charge in [-0.3, -0.25) is 4.79 Å². The summed E-state index contributed by atoms with van der Waals surface area (Å²) < 4.78 is 14.6. The average molecular weight is 407 g/mol. The third kappa shape index (κ3) is 3.70. The lowest BCUT2D eigenvalue weighted by Gasteiger charge is -2.36. The Balaban J connectivity index is 1.72. The Hall–Kier alpha value is -2.79. The predicted molar refractivity (Wildman–Crippen MR) is 119 cm³/mol. The van der Waals surface area contributed by atoms with Crippen molar-refractivity contribution in [1.29, 1.82) is 0 Å². The van der Waals surface area contributed by atoms with Crippen LogP contribution in [-0.4, -0.2) is 36.1 Å². The van der Waals surface area contributed by atoms with Crippen LogP contribution in [0.3, 0.4) is 0 Å². The van der Waals surface area contributed by atoms with Crippen LogP contribution in [0.25, 0.3) is 10.9 Å². The maximum atomic E-state index is 12.5. The second kappa shape index (κ2) is 8.15. The molecule has 158 valence electrons. The second-order valence-electron chi connectivity index (χ2n) is 8.32. The van der Waals surface area contributed by atoms with Gasteiger partial charge in [-0.2, -0.15) is 0 Å². The molecule has 0 radical (unpaired) electrons. The number of hydrogen-bond donors (Lipinski definition) is 0. The Morgan fingerprint density at radius 2 is 1.97 bits per heavy atom. The maximum absolute atomic E-state index is 12.5. The van der Waals surface area contributed by atoms with Crippen LogP contribution in [0.2, 0.25) is 0 Å². The Morgan fingerprint density at radius 1 is 1.20 bits per heavy atom. The number of aromatic nitrogens is 1. The molecule has 1 amide bonds. The molecular formula is C25H30N2O3. The van der Waals surface area contributed by atoms with Crippen molar-refractivity contribution in [2.45, 2.75) is 45.4 Å². The summed E-state index contributed by atoms with van der Waals surface area (Å²) in [4.78, 5) is 14.2. The monoisotopic (exact) mass is 406 g/mol. The molecule has 5 heteroatoms. The van der Waals surface area contributed by atoms with Crippen molar-refractivity contribution in [3.63, 3.8) is 0 Å². The normalized spacial score (nSPS) is 18.3. The van der Waals surface area contributed by atoms with Gasteiger partial charge in [-0.1, -0.05) is 30.3 Å². The van der Waals surface area contributed by atoms with Gasteiger partial charge in [-0.05, 0) is 49.6 Å². The molecule has 5 nitrogen and oxygen atoms in total. The molecule has 1 unspecified atom stereocenters. The van der Waals surface area contributed by atoms with Crippen LogP contribution in [0.4, 0.5) is 0 Å². The maximum Gasteiger partial charge on any atom is 0.225 e. The van der Waals surface area contributed by atoms with Gasteiger partial charge in [0.2, 0.25) is 5.91 Å². The van der Waals surface area contributed by atoms with Crippen molar-refractivity contribution in [1.82, 2.24) is 9.47 Å². The number of ether oxygens (including phenoxy) is 2. The van der Waals surface area contributed by atoms with E-state index in [1.165, 1.54) is 16.5 Å². The minimum absolute atomic E-state index is 0.0742. The Bertz CT molecular complexity index is 1060. The fourth-order valence-corrected chi connectivity index (χ4v) is 4.45. The van der Waals surface area contributed by atoms with Crippen molar-refractivity contribution in [2.75, 3.05) is 20.7 Å². The molecule has 1 aromatic heterocycles. The first-order valence-corrected chi connectivity index (χ1v) is 10.6. The fourth-order valence-electron chi connectivity index (χ4n) is 4.45. The molecule has 2 aromatic carbocycles. The Kier molecular flexibility index (Phi) is 5.56. The van der Waals surface area contributed by atoms with Crippen molar-refractivity contribution < 1.29 is 14.3 Å². The molecular weight excluding hydrogens is 376 g/mol. The van der Waals surface area contributed by atoms with E-state index in [0.717, 1.165) is 30.0 Å². The van der Waals surface area contributed by atoms with Gasteiger partial charge in [0.25, 0.3) is 0 Å². The predicted octanol–water partition coefficient (Wildman–Crippen LogP) is 4.51. The summed E-state index contributed by atoms with van der Waals surface area (Å²) in [7, 11) is 3.59.